The number of methoxy groups -OCH3 is 1. The largest absolute Gasteiger partial charge is 0.497 e. The Balaban J connectivity index is 1.92. The highest BCUT2D eigenvalue weighted by atomic mass is 32.2. The molecule has 1 aliphatic rings. The summed E-state index contributed by atoms with van der Waals surface area (Å²) in [5.41, 5.74) is 0.154. The van der Waals surface area contributed by atoms with E-state index in [1.807, 2.05) is 20.8 Å². The first-order chi connectivity index (χ1) is 12.1. The summed E-state index contributed by atoms with van der Waals surface area (Å²) in [5, 5.41) is 4.01. The Morgan fingerprint density at radius 1 is 1.15 bits per heavy atom. The molecule has 1 heterocycles. The van der Waals surface area contributed by atoms with Gasteiger partial charge in [-0.25, -0.2) is 9.63 Å². The number of ether oxygens (including phenoxy) is 2. The zero-order chi connectivity index (χ0) is 19.4. The summed E-state index contributed by atoms with van der Waals surface area (Å²) < 4.78 is 34.9. The number of benzene rings is 1. The molecule has 0 atom stereocenters. The van der Waals surface area contributed by atoms with Crippen LogP contribution < -0.4 is 9.57 Å². The van der Waals surface area contributed by atoms with Crippen LogP contribution in [0.3, 0.4) is 0 Å². The maximum Gasteiger partial charge on any atom is 0.410 e. The fraction of sp³-hybridized carbons (Fsp3) is 0.529. The Bertz CT molecular complexity index is 757. The van der Waals surface area contributed by atoms with Crippen LogP contribution in [0.1, 0.15) is 33.6 Å². The van der Waals surface area contributed by atoms with Gasteiger partial charge in [-0.1, -0.05) is 0 Å². The van der Waals surface area contributed by atoms with Crippen LogP contribution >= 0.6 is 0 Å². The average molecular weight is 383 g/mol. The van der Waals surface area contributed by atoms with Crippen LogP contribution in [-0.2, 0) is 14.8 Å². The first-order valence-electron chi connectivity index (χ1n) is 8.30. The van der Waals surface area contributed by atoms with Gasteiger partial charge in [0.05, 0.1) is 12.0 Å². The maximum absolute atomic E-state index is 12.3. The van der Waals surface area contributed by atoms with E-state index in [0.717, 1.165) is 0 Å². The number of nitrogens with zero attached hydrogens (tertiary/aromatic N) is 2. The van der Waals surface area contributed by atoms with E-state index in [1.165, 1.54) is 19.2 Å². The molecule has 8 nitrogen and oxygen atoms in total. The van der Waals surface area contributed by atoms with Crippen LogP contribution in [0, 0.1) is 0 Å². The van der Waals surface area contributed by atoms with Gasteiger partial charge in [-0.2, -0.15) is 13.5 Å². The lowest BCUT2D eigenvalue weighted by Gasteiger charge is -2.30. The monoisotopic (exact) mass is 383 g/mol. The van der Waals surface area contributed by atoms with Gasteiger partial charge < -0.3 is 14.4 Å². The van der Waals surface area contributed by atoms with E-state index in [0.29, 0.717) is 37.4 Å². The Morgan fingerprint density at radius 2 is 1.73 bits per heavy atom. The van der Waals surface area contributed by atoms with Gasteiger partial charge in [0.2, 0.25) is 0 Å². The lowest BCUT2D eigenvalue weighted by molar-refractivity contribution is 0.0249. The molecule has 1 aromatic rings. The van der Waals surface area contributed by atoms with Gasteiger partial charge >= 0.3 is 6.09 Å². The molecule has 2 rings (SSSR count). The minimum atomic E-state index is -3.74. The molecule has 0 aromatic heterocycles. The van der Waals surface area contributed by atoms with Gasteiger partial charge in [-0.15, -0.1) is 0 Å². The quantitative estimate of drug-likeness (QED) is 0.805. The minimum absolute atomic E-state index is 0.105. The Morgan fingerprint density at radius 3 is 2.23 bits per heavy atom. The van der Waals surface area contributed by atoms with E-state index >= 15 is 0 Å². The van der Waals surface area contributed by atoms with Crippen molar-refractivity contribution in [2.75, 3.05) is 20.2 Å². The smallest absolute Gasteiger partial charge is 0.410 e. The molecule has 0 saturated carbocycles. The summed E-state index contributed by atoms with van der Waals surface area (Å²) in [6.07, 6.45) is 0.615. The number of rotatable bonds is 4. The molecular formula is C17H25N3O5S. The first-order valence-corrected chi connectivity index (χ1v) is 9.78. The van der Waals surface area contributed by atoms with Crippen molar-refractivity contribution in [1.82, 2.24) is 9.73 Å². The van der Waals surface area contributed by atoms with Crippen LogP contribution in [0.5, 0.6) is 5.75 Å². The number of nitrogens with one attached hydrogen (secondary N) is 1. The molecule has 9 heteroatoms. The van der Waals surface area contributed by atoms with E-state index in [2.05, 4.69) is 9.93 Å². The molecule has 0 bridgehead atoms. The topological polar surface area (TPSA) is 97.3 Å². The number of hydrogen-bond donors (Lipinski definition) is 1. The van der Waals surface area contributed by atoms with Gasteiger partial charge in [-0.3, -0.25) is 0 Å². The SMILES string of the molecule is COc1ccc(S(=O)(=O)NN=C2CCN(C(=O)OC(C)(C)C)CC2)cc1. The van der Waals surface area contributed by atoms with Gasteiger partial charge in [0.15, 0.2) is 0 Å². The lowest BCUT2D eigenvalue weighted by atomic mass is 10.1. The van der Waals surface area contributed by atoms with Crippen molar-refractivity contribution in [3.63, 3.8) is 0 Å². The molecule has 144 valence electrons. The number of carbonyl (C=O) groups is 1. The molecule has 0 unspecified atom stereocenters. The zero-order valence-electron chi connectivity index (χ0n) is 15.5. The number of sulfonamides is 1. The van der Waals surface area contributed by atoms with Gasteiger partial charge in [0.1, 0.15) is 11.4 Å². The summed E-state index contributed by atoms with van der Waals surface area (Å²) >= 11 is 0. The highest BCUT2D eigenvalue weighted by Gasteiger charge is 2.25. The number of hydrogen-bond acceptors (Lipinski definition) is 6. The summed E-state index contributed by atoms with van der Waals surface area (Å²) in [6, 6.07) is 6.04. The van der Waals surface area contributed by atoms with Crippen molar-refractivity contribution in [3.05, 3.63) is 24.3 Å². The molecule has 1 aliphatic heterocycles. The summed E-state index contributed by atoms with van der Waals surface area (Å²) in [4.78, 5) is 16.0. The fourth-order valence-corrected chi connectivity index (χ4v) is 3.17. The standard InChI is InChI=1S/C17H25N3O5S/c1-17(2,3)25-16(21)20-11-9-13(10-12-20)18-19-26(22,23)15-7-5-14(24-4)6-8-15/h5-8,19H,9-12H2,1-4H3. The van der Waals surface area contributed by atoms with E-state index in [4.69, 9.17) is 9.47 Å². The van der Waals surface area contributed by atoms with Crippen molar-refractivity contribution in [2.45, 2.75) is 44.1 Å². The maximum atomic E-state index is 12.3. The van der Waals surface area contributed by atoms with Crippen LogP contribution in [0.2, 0.25) is 0 Å². The van der Waals surface area contributed by atoms with Crippen molar-refractivity contribution < 1.29 is 22.7 Å². The number of carbonyl (C=O) groups excluding carboxylic acids is 1. The first kappa shape index (κ1) is 20.0. The molecule has 26 heavy (non-hydrogen) atoms. The second-order valence-corrected chi connectivity index (χ2v) is 8.58. The van der Waals surface area contributed by atoms with Crippen LogP contribution in [0.25, 0.3) is 0 Å². The highest BCUT2D eigenvalue weighted by Crippen LogP contribution is 2.16. The fourth-order valence-electron chi connectivity index (χ4n) is 2.32. The van der Waals surface area contributed by atoms with Gasteiger partial charge in [-0.05, 0) is 45.0 Å². The molecule has 0 aliphatic carbocycles. The third-order valence-corrected chi connectivity index (χ3v) is 4.91. The van der Waals surface area contributed by atoms with Crippen LogP contribution in [0.4, 0.5) is 4.79 Å². The molecule has 1 N–H and O–H groups in total. The second kappa shape index (κ2) is 7.94. The van der Waals surface area contributed by atoms with Crippen LogP contribution in [0.15, 0.2) is 34.3 Å². The van der Waals surface area contributed by atoms with E-state index < -0.39 is 15.6 Å². The summed E-state index contributed by atoms with van der Waals surface area (Å²) in [5.74, 6) is 0.574. The molecule has 1 fully saturated rings. The summed E-state index contributed by atoms with van der Waals surface area (Å²) in [6.45, 7) is 6.33. The zero-order valence-corrected chi connectivity index (χ0v) is 16.3. The predicted octanol–water partition coefficient (Wildman–Crippen LogP) is 2.36. The molecule has 0 spiro atoms. The molecule has 1 amide bonds. The van der Waals surface area contributed by atoms with E-state index in [-0.39, 0.29) is 11.0 Å². The van der Waals surface area contributed by atoms with Crippen molar-refractivity contribution in [3.8, 4) is 5.75 Å². The molecule has 0 radical (unpaired) electrons. The van der Waals surface area contributed by atoms with E-state index in [1.54, 1.807) is 17.0 Å². The Kier molecular flexibility index (Phi) is 6.12. The normalized spacial score (nSPS) is 15.4. The molecular weight excluding hydrogens is 358 g/mol. The molecule has 1 aromatic carbocycles. The third-order valence-electron chi connectivity index (χ3n) is 3.69. The third kappa shape index (κ3) is 5.62. The average Bonchev–Trinajstić information content (AvgIpc) is 2.59. The van der Waals surface area contributed by atoms with Crippen LogP contribution in [-0.4, -0.2) is 50.9 Å². The van der Waals surface area contributed by atoms with Gasteiger partial charge in [0.25, 0.3) is 10.0 Å². The van der Waals surface area contributed by atoms with E-state index in [9.17, 15) is 13.2 Å². The number of amides is 1. The predicted molar refractivity (Wildman–Crippen MR) is 97.8 cm³/mol. The Labute approximate surface area is 154 Å². The van der Waals surface area contributed by atoms with Crippen molar-refractivity contribution in [2.24, 2.45) is 5.10 Å². The second-order valence-electron chi connectivity index (χ2n) is 6.92. The Hall–Kier alpha value is -2.29. The molecule has 1 saturated heterocycles. The number of likely N-dealkylation sites (tertiary alicyclic amines) is 1. The lowest BCUT2D eigenvalue weighted by Crippen LogP contribution is -2.42. The van der Waals surface area contributed by atoms with Crippen molar-refractivity contribution >= 4 is 21.8 Å². The minimum Gasteiger partial charge on any atom is -0.497 e. The highest BCUT2D eigenvalue weighted by molar-refractivity contribution is 7.89. The number of piperidine rings is 1. The summed E-state index contributed by atoms with van der Waals surface area (Å²) in [7, 11) is -2.23. The number of hydrazone groups is 1. The van der Waals surface area contributed by atoms with Gasteiger partial charge in [0, 0.05) is 31.6 Å². The van der Waals surface area contributed by atoms with Crippen molar-refractivity contribution in [1.29, 1.82) is 0 Å².